The molecule has 2 aromatic carbocycles. The molecule has 0 unspecified atom stereocenters. The minimum Gasteiger partial charge on any atom is -0.497 e. The van der Waals surface area contributed by atoms with Gasteiger partial charge >= 0.3 is 5.97 Å². The summed E-state index contributed by atoms with van der Waals surface area (Å²) in [6.45, 7) is 0. The second kappa shape index (κ2) is 7.89. The second-order valence-corrected chi connectivity index (χ2v) is 4.54. The molecule has 0 bridgehead atoms. The molecule has 2 aromatic rings. The molecule has 0 amide bonds. The third-order valence-electron chi connectivity index (χ3n) is 3.12. The Morgan fingerprint density at radius 2 is 1.43 bits per heavy atom. The maximum absolute atomic E-state index is 11.9. The van der Waals surface area contributed by atoms with Gasteiger partial charge in [-0.25, -0.2) is 4.79 Å². The highest BCUT2D eigenvalue weighted by Gasteiger charge is 2.04. The van der Waals surface area contributed by atoms with Crippen molar-refractivity contribution in [3.8, 4) is 23.0 Å². The molecule has 0 aliphatic heterocycles. The van der Waals surface area contributed by atoms with Gasteiger partial charge in [0.05, 0.1) is 21.3 Å². The molecule has 0 N–H and O–H groups in total. The monoisotopic (exact) mass is 314 g/mol. The SMILES string of the molecule is COc1ccc(OC(=O)/C=C/c2ccc(OC)cc2OC)cc1. The van der Waals surface area contributed by atoms with Crippen molar-refractivity contribution in [1.82, 2.24) is 0 Å². The minimum absolute atomic E-state index is 0.446. The largest absolute Gasteiger partial charge is 0.497 e. The van der Waals surface area contributed by atoms with E-state index < -0.39 is 5.97 Å². The molecule has 120 valence electrons. The van der Waals surface area contributed by atoms with Crippen molar-refractivity contribution in [2.75, 3.05) is 21.3 Å². The summed E-state index contributed by atoms with van der Waals surface area (Å²) in [5, 5.41) is 0. The quantitative estimate of drug-likeness (QED) is 0.465. The molecule has 0 fully saturated rings. The van der Waals surface area contributed by atoms with E-state index in [1.54, 1.807) is 69.9 Å². The molecule has 0 saturated heterocycles. The Bertz CT molecular complexity index is 689. The summed E-state index contributed by atoms with van der Waals surface area (Å²) in [6.07, 6.45) is 2.97. The number of esters is 1. The van der Waals surface area contributed by atoms with Crippen LogP contribution in [0.2, 0.25) is 0 Å². The molecule has 0 atom stereocenters. The Morgan fingerprint density at radius 3 is 2.04 bits per heavy atom. The van der Waals surface area contributed by atoms with Crippen LogP contribution in [0.5, 0.6) is 23.0 Å². The summed E-state index contributed by atoms with van der Waals surface area (Å²) in [6, 6.07) is 12.1. The highest BCUT2D eigenvalue weighted by atomic mass is 16.5. The topological polar surface area (TPSA) is 54.0 Å². The molecular weight excluding hydrogens is 296 g/mol. The number of hydrogen-bond acceptors (Lipinski definition) is 5. The average molecular weight is 314 g/mol. The molecule has 5 heteroatoms. The molecular formula is C18H18O5. The van der Waals surface area contributed by atoms with Crippen LogP contribution in [0, 0.1) is 0 Å². The summed E-state index contributed by atoms with van der Waals surface area (Å²) in [5.41, 5.74) is 0.750. The van der Waals surface area contributed by atoms with E-state index >= 15 is 0 Å². The Morgan fingerprint density at radius 1 is 0.826 bits per heavy atom. The van der Waals surface area contributed by atoms with Gasteiger partial charge in [0.25, 0.3) is 0 Å². The van der Waals surface area contributed by atoms with Gasteiger partial charge in [0, 0.05) is 17.7 Å². The highest BCUT2D eigenvalue weighted by molar-refractivity contribution is 5.89. The minimum atomic E-state index is -0.479. The summed E-state index contributed by atoms with van der Waals surface area (Å²) < 4.78 is 20.6. The molecule has 0 aromatic heterocycles. The van der Waals surface area contributed by atoms with E-state index in [0.717, 1.165) is 5.56 Å². The van der Waals surface area contributed by atoms with Gasteiger partial charge in [-0.15, -0.1) is 0 Å². The lowest BCUT2D eigenvalue weighted by atomic mass is 10.2. The van der Waals surface area contributed by atoms with Crippen LogP contribution < -0.4 is 18.9 Å². The van der Waals surface area contributed by atoms with Gasteiger partial charge in [0.1, 0.15) is 23.0 Å². The molecule has 5 nitrogen and oxygen atoms in total. The van der Waals surface area contributed by atoms with E-state index in [1.165, 1.54) is 6.08 Å². The van der Waals surface area contributed by atoms with Crippen LogP contribution in [-0.2, 0) is 4.79 Å². The Labute approximate surface area is 135 Å². The van der Waals surface area contributed by atoms with Crippen molar-refractivity contribution in [3.63, 3.8) is 0 Å². The van der Waals surface area contributed by atoms with Crippen molar-refractivity contribution in [2.45, 2.75) is 0 Å². The third kappa shape index (κ3) is 4.51. The van der Waals surface area contributed by atoms with Crippen LogP contribution in [0.25, 0.3) is 6.08 Å². The van der Waals surface area contributed by atoms with Crippen molar-refractivity contribution in [2.24, 2.45) is 0 Å². The van der Waals surface area contributed by atoms with Gasteiger partial charge in [-0.1, -0.05) is 0 Å². The molecule has 0 radical (unpaired) electrons. The highest BCUT2D eigenvalue weighted by Crippen LogP contribution is 2.25. The molecule has 0 spiro atoms. The normalized spacial score (nSPS) is 10.4. The molecule has 0 saturated carbocycles. The Kier molecular flexibility index (Phi) is 5.63. The first-order valence-corrected chi connectivity index (χ1v) is 6.92. The number of benzene rings is 2. The van der Waals surface area contributed by atoms with Crippen LogP contribution in [0.1, 0.15) is 5.56 Å². The average Bonchev–Trinajstić information content (AvgIpc) is 2.60. The van der Waals surface area contributed by atoms with Crippen LogP contribution in [0.15, 0.2) is 48.5 Å². The van der Waals surface area contributed by atoms with Crippen LogP contribution in [0.4, 0.5) is 0 Å². The zero-order valence-electron chi connectivity index (χ0n) is 13.2. The van der Waals surface area contributed by atoms with Crippen molar-refractivity contribution in [1.29, 1.82) is 0 Å². The first-order valence-electron chi connectivity index (χ1n) is 6.92. The first kappa shape index (κ1) is 16.4. The van der Waals surface area contributed by atoms with Crippen molar-refractivity contribution < 1.29 is 23.7 Å². The number of hydrogen-bond donors (Lipinski definition) is 0. The van der Waals surface area contributed by atoms with Crippen molar-refractivity contribution in [3.05, 3.63) is 54.1 Å². The predicted molar refractivity (Wildman–Crippen MR) is 87.2 cm³/mol. The maximum atomic E-state index is 11.9. The molecule has 0 heterocycles. The molecule has 23 heavy (non-hydrogen) atoms. The van der Waals surface area contributed by atoms with E-state index in [0.29, 0.717) is 23.0 Å². The van der Waals surface area contributed by atoms with E-state index in [-0.39, 0.29) is 0 Å². The number of ether oxygens (including phenoxy) is 4. The van der Waals surface area contributed by atoms with E-state index in [1.807, 2.05) is 0 Å². The zero-order chi connectivity index (χ0) is 16.7. The van der Waals surface area contributed by atoms with Gasteiger partial charge in [-0.3, -0.25) is 0 Å². The number of rotatable bonds is 6. The fourth-order valence-corrected chi connectivity index (χ4v) is 1.91. The number of carbonyl (C=O) groups excluding carboxylic acids is 1. The van der Waals surface area contributed by atoms with Crippen LogP contribution in [-0.4, -0.2) is 27.3 Å². The summed E-state index contributed by atoms with van der Waals surface area (Å²) in [7, 11) is 4.71. The van der Waals surface area contributed by atoms with E-state index in [4.69, 9.17) is 18.9 Å². The predicted octanol–water partition coefficient (Wildman–Crippen LogP) is 3.33. The number of methoxy groups -OCH3 is 3. The first-order chi connectivity index (χ1) is 11.2. The summed E-state index contributed by atoms with van der Waals surface area (Å²) in [5.74, 6) is 1.95. The summed E-state index contributed by atoms with van der Waals surface area (Å²) >= 11 is 0. The zero-order valence-corrected chi connectivity index (χ0v) is 13.2. The van der Waals surface area contributed by atoms with Gasteiger partial charge in [0.2, 0.25) is 0 Å². The van der Waals surface area contributed by atoms with Crippen molar-refractivity contribution >= 4 is 12.0 Å². The smallest absolute Gasteiger partial charge is 0.336 e. The lowest BCUT2D eigenvalue weighted by molar-refractivity contribution is -0.128. The molecule has 2 rings (SSSR count). The lowest BCUT2D eigenvalue weighted by Crippen LogP contribution is -2.03. The number of carbonyl (C=O) groups is 1. The van der Waals surface area contributed by atoms with Crippen LogP contribution >= 0.6 is 0 Å². The third-order valence-corrected chi connectivity index (χ3v) is 3.12. The molecule has 0 aliphatic rings. The Hall–Kier alpha value is -2.95. The molecule has 0 aliphatic carbocycles. The van der Waals surface area contributed by atoms with Gasteiger partial charge < -0.3 is 18.9 Å². The Balaban J connectivity index is 2.05. The van der Waals surface area contributed by atoms with Gasteiger partial charge in [-0.05, 0) is 42.5 Å². The fraction of sp³-hybridized carbons (Fsp3) is 0.167. The van der Waals surface area contributed by atoms with E-state index in [9.17, 15) is 4.79 Å². The van der Waals surface area contributed by atoms with Gasteiger partial charge in [-0.2, -0.15) is 0 Å². The maximum Gasteiger partial charge on any atom is 0.336 e. The van der Waals surface area contributed by atoms with E-state index in [2.05, 4.69) is 0 Å². The fourth-order valence-electron chi connectivity index (χ4n) is 1.91. The standard InChI is InChI=1S/C18H18O5/c1-20-14-7-9-15(10-8-14)23-18(19)11-5-13-4-6-16(21-2)12-17(13)22-3/h4-12H,1-3H3/b11-5+. The van der Waals surface area contributed by atoms with Crippen LogP contribution in [0.3, 0.4) is 0 Å². The summed E-state index contributed by atoms with van der Waals surface area (Å²) in [4.78, 5) is 11.9. The van der Waals surface area contributed by atoms with Gasteiger partial charge in [0.15, 0.2) is 0 Å². The second-order valence-electron chi connectivity index (χ2n) is 4.54. The lowest BCUT2D eigenvalue weighted by Gasteiger charge is -2.07.